The van der Waals surface area contributed by atoms with Crippen LogP contribution >= 0.6 is 0 Å². The molecule has 0 aliphatic carbocycles. The van der Waals surface area contributed by atoms with Crippen molar-refractivity contribution in [1.29, 1.82) is 0 Å². The van der Waals surface area contributed by atoms with E-state index in [0.29, 0.717) is 12.6 Å². The molecule has 0 spiro atoms. The number of likely N-dealkylation sites (N-methyl/N-ethyl adjacent to an activating group) is 1. The van der Waals surface area contributed by atoms with E-state index in [1.165, 1.54) is 6.07 Å². The van der Waals surface area contributed by atoms with Crippen molar-refractivity contribution >= 4 is 5.82 Å². The molecule has 1 unspecified atom stereocenters. The first-order valence-corrected chi connectivity index (χ1v) is 9.96. The van der Waals surface area contributed by atoms with Crippen LogP contribution in [0.1, 0.15) is 31.2 Å². The summed E-state index contributed by atoms with van der Waals surface area (Å²) in [6.07, 6.45) is 1.34. The number of hydrogen-bond donors (Lipinski definition) is 0. The van der Waals surface area contributed by atoms with Gasteiger partial charge in [-0.25, -0.2) is 0 Å². The number of aromatic nitrogens is 2. The highest BCUT2D eigenvalue weighted by atomic mass is 19.4. The summed E-state index contributed by atoms with van der Waals surface area (Å²) in [5, 5.41) is 8.20. The molecule has 8 heteroatoms. The molecule has 1 aromatic carbocycles. The maximum absolute atomic E-state index is 12.7. The summed E-state index contributed by atoms with van der Waals surface area (Å²) in [6, 6.07) is 9.36. The van der Waals surface area contributed by atoms with Gasteiger partial charge >= 0.3 is 6.18 Å². The Morgan fingerprint density at radius 3 is 2.83 bits per heavy atom. The first kappa shape index (κ1) is 21.4. The predicted octanol–water partition coefficient (Wildman–Crippen LogP) is 4.26. The molecule has 0 bridgehead atoms. The highest BCUT2D eigenvalue weighted by Crippen LogP contribution is 2.31. The first-order chi connectivity index (χ1) is 13.9. The van der Waals surface area contributed by atoms with Crippen LogP contribution in [0.25, 0.3) is 0 Å². The van der Waals surface area contributed by atoms with E-state index in [2.05, 4.69) is 27.0 Å². The molecule has 1 atom stereocenters. The molecule has 0 saturated carbocycles. The quantitative estimate of drug-likeness (QED) is 0.580. The number of ether oxygens (including phenoxy) is 1. The summed E-state index contributed by atoms with van der Waals surface area (Å²) in [6.45, 7) is 3.27. The third kappa shape index (κ3) is 6.32. The van der Waals surface area contributed by atoms with Gasteiger partial charge in [-0.2, -0.15) is 18.3 Å². The molecule has 1 fully saturated rings. The number of alkyl halides is 3. The van der Waals surface area contributed by atoms with Crippen molar-refractivity contribution < 1.29 is 17.9 Å². The SMILES string of the molecule is CN(CCCCOc1cccc(C(F)(F)F)c1)CC1CCCN1c1cccnn1. The fourth-order valence-corrected chi connectivity index (χ4v) is 3.66. The zero-order valence-corrected chi connectivity index (χ0v) is 16.6. The zero-order valence-electron chi connectivity index (χ0n) is 16.6. The van der Waals surface area contributed by atoms with Crippen molar-refractivity contribution in [3.63, 3.8) is 0 Å². The Labute approximate surface area is 169 Å². The van der Waals surface area contributed by atoms with Crippen LogP contribution < -0.4 is 9.64 Å². The maximum Gasteiger partial charge on any atom is 0.416 e. The fourth-order valence-electron chi connectivity index (χ4n) is 3.66. The minimum atomic E-state index is -4.35. The van der Waals surface area contributed by atoms with Gasteiger partial charge in [0.05, 0.1) is 12.2 Å². The Kier molecular flexibility index (Phi) is 7.30. The van der Waals surface area contributed by atoms with E-state index < -0.39 is 11.7 Å². The normalized spacial score (nSPS) is 17.1. The lowest BCUT2D eigenvalue weighted by molar-refractivity contribution is -0.137. The van der Waals surface area contributed by atoms with Gasteiger partial charge in [0, 0.05) is 25.3 Å². The van der Waals surface area contributed by atoms with E-state index in [9.17, 15) is 13.2 Å². The van der Waals surface area contributed by atoms with Gasteiger partial charge in [-0.3, -0.25) is 0 Å². The van der Waals surface area contributed by atoms with Crippen molar-refractivity contribution in [3.05, 3.63) is 48.2 Å². The minimum absolute atomic E-state index is 0.263. The van der Waals surface area contributed by atoms with Gasteiger partial charge in [0.15, 0.2) is 5.82 Å². The molecule has 3 rings (SSSR count). The van der Waals surface area contributed by atoms with Crippen LogP contribution in [0.2, 0.25) is 0 Å². The molecule has 2 aromatic rings. The minimum Gasteiger partial charge on any atom is -0.494 e. The van der Waals surface area contributed by atoms with Crippen molar-refractivity contribution in [1.82, 2.24) is 15.1 Å². The van der Waals surface area contributed by atoms with E-state index in [1.807, 2.05) is 12.1 Å². The van der Waals surface area contributed by atoms with E-state index in [0.717, 1.165) is 63.3 Å². The zero-order chi connectivity index (χ0) is 20.7. The lowest BCUT2D eigenvalue weighted by atomic mass is 10.2. The molecule has 2 heterocycles. The van der Waals surface area contributed by atoms with E-state index in [-0.39, 0.29) is 5.75 Å². The predicted molar refractivity (Wildman–Crippen MR) is 106 cm³/mol. The lowest BCUT2D eigenvalue weighted by Crippen LogP contribution is -2.39. The molecule has 29 heavy (non-hydrogen) atoms. The fraction of sp³-hybridized carbons (Fsp3) is 0.524. The van der Waals surface area contributed by atoms with E-state index in [1.54, 1.807) is 12.3 Å². The van der Waals surface area contributed by atoms with Gasteiger partial charge in [-0.05, 0) is 69.6 Å². The molecular weight excluding hydrogens is 381 g/mol. The van der Waals surface area contributed by atoms with Gasteiger partial charge in [0.1, 0.15) is 5.75 Å². The standard InChI is InChI=1S/C21H27F3N4O/c1-27(16-18-8-6-13-28(18)20-10-5-11-25-26-20)12-2-3-14-29-19-9-4-7-17(15-19)21(22,23)24/h4-5,7,9-11,15,18H,2-3,6,8,12-14,16H2,1H3. The second-order valence-electron chi connectivity index (χ2n) is 7.41. The highest BCUT2D eigenvalue weighted by Gasteiger charge is 2.30. The number of hydrogen-bond acceptors (Lipinski definition) is 5. The van der Waals surface area contributed by atoms with Crippen LogP contribution in [0.5, 0.6) is 5.75 Å². The number of rotatable bonds is 9. The lowest BCUT2D eigenvalue weighted by Gasteiger charge is -2.29. The Balaban J connectivity index is 1.37. The first-order valence-electron chi connectivity index (χ1n) is 9.96. The van der Waals surface area contributed by atoms with Crippen molar-refractivity contribution in [2.45, 2.75) is 37.9 Å². The molecular formula is C21H27F3N4O. The van der Waals surface area contributed by atoms with Gasteiger partial charge < -0.3 is 14.5 Å². The number of anilines is 1. The molecule has 1 aliphatic heterocycles. The van der Waals surface area contributed by atoms with Crippen molar-refractivity contribution in [2.75, 3.05) is 38.2 Å². The monoisotopic (exact) mass is 408 g/mol. The Hall–Kier alpha value is -2.35. The van der Waals surface area contributed by atoms with Crippen LogP contribution in [0.3, 0.4) is 0 Å². The summed E-state index contributed by atoms with van der Waals surface area (Å²) >= 11 is 0. The van der Waals surface area contributed by atoms with Gasteiger partial charge in [0.25, 0.3) is 0 Å². The molecule has 0 radical (unpaired) electrons. The summed E-state index contributed by atoms with van der Waals surface area (Å²) in [5.74, 6) is 1.19. The molecule has 0 amide bonds. The second kappa shape index (κ2) is 9.91. The summed E-state index contributed by atoms with van der Waals surface area (Å²) in [4.78, 5) is 4.61. The second-order valence-corrected chi connectivity index (χ2v) is 7.41. The molecule has 1 aliphatic rings. The molecule has 1 saturated heterocycles. The van der Waals surface area contributed by atoms with Crippen LogP contribution in [0.15, 0.2) is 42.6 Å². The smallest absolute Gasteiger partial charge is 0.416 e. The number of unbranched alkanes of at least 4 members (excludes halogenated alkanes) is 1. The van der Waals surface area contributed by atoms with Crippen molar-refractivity contribution in [3.8, 4) is 5.75 Å². The largest absolute Gasteiger partial charge is 0.494 e. The van der Waals surface area contributed by atoms with Gasteiger partial charge in [0.2, 0.25) is 0 Å². The molecule has 158 valence electrons. The topological polar surface area (TPSA) is 41.5 Å². The number of halogens is 3. The van der Waals surface area contributed by atoms with Crippen LogP contribution in [-0.4, -0.2) is 54.4 Å². The molecule has 1 aromatic heterocycles. The number of nitrogens with zero attached hydrogens (tertiary/aromatic N) is 4. The average molecular weight is 408 g/mol. The Bertz CT molecular complexity index is 757. The third-order valence-electron chi connectivity index (χ3n) is 5.12. The molecule has 0 N–H and O–H groups in total. The summed E-state index contributed by atoms with van der Waals surface area (Å²) in [5.41, 5.74) is -0.682. The Morgan fingerprint density at radius 2 is 2.07 bits per heavy atom. The van der Waals surface area contributed by atoms with Crippen LogP contribution in [0, 0.1) is 0 Å². The van der Waals surface area contributed by atoms with Gasteiger partial charge in [-0.15, -0.1) is 5.10 Å². The number of benzene rings is 1. The maximum atomic E-state index is 12.7. The van der Waals surface area contributed by atoms with E-state index >= 15 is 0 Å². The summed E-state index contributed by atoms with van der Waals surface area (Å²) < 4.78 is 43.7. The average Bonchev–Trinajstić information content (AvgIpc) is 3.16. The van der Waals surface area contributed by atoms with Crippen molar-refractivity contribution in [2.24, 2.45) is 0 Å². The van der Waals surface area contributed by atoms with Gasteiger partial charge in [-0.1, -0.05) is 6.07 Å². The Morgan fingerprint density at radius 1 is 1.21 bits per heavy atom. The third-order valence-corrected chi connectivity index (χ3v) is 5.12. The van der Waals surface area contributed by atoms with Crippen LogP contribution in [0.4, 0.5) is 19.0 Å². The summed E-state index contributed by atoms with van der Waals surface area (Å²) in [7, 11) is 2.10. The van der Waals surface area contributed by atoms with E-state index in [4.69, 9.17) is 4.74 Å². The van der Waals surface area contributed by atoms with Crippen LogP contribution in [-0.2, 0) is 6.18 Å². The highest BCUT2D eigenvalue weighted by molar-refractivity contribution is 5.39. The molecule has 5 nitrogen and oxygen atoms in total.